The van der Waals surface area contributed by atoms with Crippen LogP contribution in [0.5, 0.6) is 11.5 Å². The number of para-hydroxylation sites is 1. The summed E-state index contributed by atoms with van der Waals surface area (Å²) in [6, 6.07) is 14.8. The van der Waals surface area contributed by atoms with Gasteiger partial charge >= 0.3 is 0 Å². The third-order valence-corrected chi connectivity index (χ3v) is 3.95. The van der Waals surface area contributed by atoms with E-state index in [1.165, 1.54) is 18.3 Å². The maximum atomic E-state index is 13.6. The van der Waals surface area contributed by atoms with Crippen molar-refractivity contribution in [3.8, 4) is 11.5 Å². The van der Waals surface area contributed by atoms with Gasteiger partial charge in [0.05, 0.1) is 17.6 Å². The lowest BCUT2D eigenvalue weighted by molar-refractivity contribution is 0.102. The molecule has 3 aromatic rings. The molecule has 0 fully saturated rings. The fourth-order valence-electron chi connectivity index (χ4n) is 2.64. The highest BCUT2D eigenvalue weighted by atomic mass is 19.1. The normalized spacial score (nSPS) is 12.3. The molecule has 6 nitrogen and oxygen atoms in total. The van der Waals surface area contributed by atoms with E-state index in [1.54, 1.807) is 24.3 Å². The first kappa shape index (κ1) is 16.8. The molecule has 7 heteroatoms. The molecule has 0 radical (unpaired) electrons. The summed E-state index contributed by atoms with van der Waals surface area (Å²) in [7, 11) is 0. The Morgan fingerprint density at radius 1 is 0.963 bits per heavy atom. The van der Waals surface area contributed by atoms with Crippen LogP contribution in [0.2, 0.25) is 0 Å². The van der Waals surface area contributed by atoms with Crippen LogP contribution in [0.25, 0.3) is 0 Å². The molecule has 27 heavy (non-hydrogen) atoms. The second-order valence-corrected chi connectivity index (χ2v) is 5.85. The smallest absolute Gasteiger partial charge is 0.274 e. The minimum atomic E-state index is -0.497. The molecular formula is C20H16FN3O3. The Labute approximate surface area is 155 Å². The number of nitrogens with zero attached hydrogens (tertiary/aromatic N) is 1. The number of aromatic nitrogens is 1. The molecule has 2 aromatic carbocycles. The number of carbonyl (C=O) groups is 1. The number of benzene rings is 2. The predicted molar refractivity (Wildman–Crippen MR) is 99.3 cm³/mol. The fourth-order valence-corrected chi connectivity index (χ4v) is 2.64. The quantitative estimate of drug-likeness (QED) is 0.731. The van der Waals surface area contributed by atoms with E-state index >= 15 is 0 Å². The number of pyridine rings is 1. The molecule has 0 bridgehead atoms. The van der Waals surface area contributed by atoms with Crippen LogP contribution in [0, 0.1) is 5.82 Å². The van der Waals surface area contributed by atoms with E-state index in [1.807, 2.05) is 18.2 Å². The van der Waals surface area contributed by atoms with Crippen LogP contribution in [0.3, 0.4) is 0 Å². The van der Waals surface area contributed by atoms with Gasteiger partial charge in [0, 0.05) is 11.8 Å². The van der Waals surface area contributed by atoms with Crippen LogP contribution in [-0.4, -0.2) is 24.1 Å². The van der Waals surface area contributed by atoms with Crippen LogP contribution >= 0.6 is 0 Å². The molecule has 1 aliphatic heterocycles. The minimum Gasteiger partial charge on any atom is -0.486 e. The van der Waals surface area contributed by atoms with Gasteiger partial charge in [-0.3, -0.25) is 4.79 Å². The van der Waals surface area contributed by atoms with Gasteiger partial charge in [-0.25, -0.2) is 9.37 Å². The highest BCUT2D eigenvalue weighted by Gasteiger charge is 2.13. The highest BCUT2D eigenvalue weighted by Crippen LogP contribution is 2.33. The standard InChI is InChI=1S/C20H16FN3O3/c21-15-3-1-2-4-16(15)24-20(25)17-7-5-14(12-22-17)23-13-6-8-18-19(11-13)27-10-9-26-18/h1-8,11-12,23H,9-10H2,(H,24,25). The summed E-state index contributed by atoms with van der Waals surface area (Å²) in [5.41, 5.74) is 1.81. The number of halogens is 1. The average molecular weight is 365 g/mol. The molecule has 2 heterocycles. The zero-order valence-corrected chi connectivity index (χ0v) is 14.2. The van der Waals surface area contributed by atoms with Crippen molar-refractivity contribution in [1.29, 1.82) is 0 Å². The zero-order valence-electron chi connectivity index (χ0n) is 14.2. The van der Waals surface area contributed by atoms with Gasteiger partial charge in [0.2, 0.25) is 0 Å². The summed E-state index contributed by atoms with van der Waals surface area (Å²) in [6.45, 7) is 1.06. The van der Waals surface area contributed by atoms with Crippen molar-refractivity contribution in [3.63, 3.8) is 0 Å². The molecule has 0 atom stereocenters. The first-order valence-electron chi connectivity index (χ1n) is 8.38. The topological polar surface area (TPSA) is 72.5 Å². The molecule has 0 spiro atoms. The fraction of sp³-hybridized carbons (Fsp3) is 0.100. The van der Waals surface area contributed by atoms with E-state index in [4.69, 9.17) is 9.47 Å². The third-order valence-electron chi connectivity index (χ3n) is 3.95. The molecule has 0 saturated carbocycles. The first-order valence-corrected chi connectivity index (χ1v) is 8.38. The summed E-state index contributed by atoms with van der Waals surface area (Å²) >= 11 is 0. The molecule has 1 amide bonds. The van der Waals surface area contributed by atoms with Gasteiger partial charge in [-0.1, -0.05) is 12.1 Å². The Balaban J connectivity index is 1.44. The molecular weight excluding hydrogens is 349 g/mol. The number of amides is 1. The molecule has 1 aliphatic rings. The molecule has 136 valence electrons. The molecule has 0 saturated heterocycles. The zero-order chi connectivity index (χ0) is 18.6. The predicted octanol–water partition coefficient (Wildman–Crippen LogP) is 3.99. The average Bonchev–Trinajstić information content (AvgIpc) is 2.70. The summed E-state index contributed by atoms with van der Waals surface area (Å²) in [5.74, 6) is 0.416. The molecule has 1 aromatic heterocycles. The van der Waals surface area contributed by atoms with Crippen LogP contribution in [-0.2, 0) is 0 Å². The Morgan fingerprint density at radius 2 is 1.74 bits per heavy atom. The molecule has 4 rings (SSSR count). The number of rotatable bonds is 4. The number of anilines is 3. The van der Waals surface area contributed by atoms with Crippen LogP contribution in [0.4, 0.5) is 21.5 Å². The van der Waals surface area contributed by atoms with Gasteiger partial charge in [-0.2, -0.15) is 0 Å². The van der Waals surface area contributed by atoms with Crippen molar-refractivity contribution in [3.05, 3.63) is 72.3 Å². The van der Waals surface area contributed by atoms with Crippen molar-refractivity contribution in [2.75, 3.05) is 23.8 Å². The Bertz CT molecular complexity index is 976. The Hall–Kier alpha value is -3.61. The lowest BCUT2D eigenvalue weighted by Gasteiger charge is -2.19. The summed E-state index contributed by atoms with van der Waals surface area (Å²) in [6.07, 6.45) is 1.53. The van der Waals surface area contributed by atoms with Gasteiger partial charge < -0.3 is 20.1 Å². The van der Waals surface area contributed by atoms with E-state index < -0.39 is 11.7 Å². The SMILES string of the molecule is O=C(Nc1ccccc1F)c1ccc(Nc2ccc3c(c2)OCCO3)cn1. The molecule has 2 N–H and O–H groups in total. The summed E-state index contributed by atoms with van der Waals surface area (Å²) in [4.78, 5) is 16.3. The summed E-state index contributed by atoms with van der Waals surface area (Å²) < 4.78 is 24.7. The second-order valence-electron chi connectivity index (χ2n) is 5.85. The minimum absolute atomic E-state index is 0.114. The highest BCUT2D eigenvalue weighted by molar-refractivity contribution is 6.03. The van der Waals surface area contributed by atoms with Gasteiger partial charge in [0.25, 0.3) is 5.91 Å². The summed E-state index contributed by atoms with van der Waals surface area (Å²) in [5, 5.41) is 5.69. The van der Waals surface area contributed by atoms with Gasteiger partial charge in [-0.15, -0.1) is 0 Å². The third kappa shape index (κ3) is 3.82. The first-order chi connectivity index (χ1) is 13.2. The van der Waals surface area contributed by atoms with E-state index in [0.717, 1.165) is 5.69 Å². The Morgan fingerprint density at radius 3 is 2.52 bits per heavy atom. The molecule has 0 aliphatic carbocycles. The van der Waals surface area contributed by atoms with Crippen LogP contribution in [0.15, 0.2) is 60.8 Å². The lowest BCUT2D eigenvalue weighted by atomic mass is 10.2. The number of nitrogens with one attached hydrogen (secondary N) is 2. The van der Waals surface area contributed by atoms with Gasteiger partial charge in [0.15, 0.2) is 11.5 Å². The lowest BCUT2D eigenvalue weighted by Crippen LogP contribution is -2.15. The number of fused-ring (bicyclic) bond motifs is 1. The molecule has 0 unspecified atom stereocenters. The maximum absolute atomic E-state index is 13.6. The van der Waals surface area contributed by atoms with Crippen molar-refractivity contribution in [2.24, 2.45) is 0 Å². The van der Waals surface area contributed by atoms with E-state index in [0.29, 0.717) is 30.4 Å². The number of hydrogen-bond donors (Lipinski definition) is 2. The number of hydrogen-bond acceptors (Lipinski definition) is 5. The largest absolute Gasteiger partial charge is 0.486 e. The van der Waals surface area contributed by atoms with Crippen LogP contribution < -0.4 is 20.1 Å². The van der Waals surface area contributed by atoms with E-state index in [2.05, 4.69) is 15.6 Å². The van der Waals surface area contributed by atoms with Gasteiger partial charge in [0.1, 0.15) is 24.7 Å². The van der Waals surface area contributed by atoms with Crippen molar-refractivity contribution < 1.29 is 18.7 Å². The Kier molecular flexibility index (Phi) is 4.57. The van der Waals surface area contributed by atoms with E-state index in [-0.39, 0.29) is 11.4 Å². The van der Waals surface area contributed by atoms with Gasteiger partial charge in [-0.05, 0) is 36.4 Å². The van der Waals surface area contributed by atoms with Crippen molar-refractivity contribution in [1.82, 2.24) is 4.98 Å². The van der Waals surface area contributed by atoms with E-state index in [9.17, 15) is 9.18 Å². The number of ether oxygens (including phenoxy) is 2. The maximum Gasteiger partial charge on any atom is 0.274 e. The van der Waals surface area contributed by atoms with Crippen LogP contribution in [0.1, 0.15) is 10.5 Å². The van der Waals surface area contributed by atoms with Crippen molar-refractivity contribution in [2.45, 2.75) is 0 Å². The number of carbonyl (C=O) groups excluding carboxylic acids is 1. The second kappa shape index (κ2) is 7.33. The monoisotopic (exact) mass is 365 g/mol. The van der Waals surface area contributed by atoms with Crippen molar-refractivity contribution >= 4 is 23.0 Å².